The van der Waals surface area contributed by atoms with E-state index in [1.807, 2.05) is 0 Å². The van der Waals surface area contributed by atoms with Crippen LogP contribution in [0.25, 0.3) is 11.0 Å². The molecule has 3 N–H and O–H groups in total. The van der Waals surface area contributed by atoms with Gasteiger partial charge >= 0.3 is 17.7 Å². The van der Waals surface area contributed by atoms with Gasteiger partial charge in [0.15, 0.2) is 0 Å². The molecule has 0 saturated carbocycles. The van der Waals surface area contributed by atoms with Gasteiger partial charge in [-0.2, -0.15) is 4.72 Å². The summed E-state index contributed by atoms with van der Waals surface area (Å²) in [5, 5.41) is 13.2. The molecule has 0 bridgehead atoms. The van der Waals surface area contributed by atoms with Gasteiger partial charge in [0.25, 0.3) is 0 Å². The number of carbonyl (C=O) groups excluding carboxylic acids is 2. The molecule has 0 aliphatic heterocycles. The Morgan fingerprint density at radius 2 is 1.81 bits per heavy atom. The third kappa shape index (κ3) is 6.82. The molecule has 2 atom stereocenters. The summed E-state index contributed by atoms with van der Waals surface area (Å²) in [6.45, 7) is 2.63. The van der Waals surface area contributed by atoms with Crippen molar-refractivity contribution in [3.8, 4) is 0 Å². The maximum atomic E-state index is 12.7. The fourth-order valence-electron chi connectivity index (χ4n) is 3.14. The van der Waals surface area contributed by atoms with Crippen LogP contribution in [0.4, 0.5) is 10.5 Å². The Hall–Kier alpha value is -3.45. The van der Waals surface area contributed by atoms with Crippen LogP contribution in [0.1, 0.15) is 19.4 Å². The van der Waals surface area contributed by atoms with Gasteiger partial charge in [-0.05, 0) is 50.2 Å². The number of rotatable bonds is 9. The van der Waals surface area contributed by atoms with Crippen LogP contribution in [0.15, 0.2) is 62.6 Å². The van der Waals surface area contributed by atoms with Crippen molar-refractivity contribution in [2.45, 2.75) is 37.5 Å². The number of ether oxygens (including phenoxy) is 2. The molecule has 0 unspecified atom stereocenters. The maximum Gasteiger partial charge on any atom is 0.411 e. The average molecular weight is 539 g/mol. The third-order valence-corrected chi connectivity index (χ3v) is 6.57. The van der Waals surface area contributed by atoms with E-state index in [0.717, 1.165) is 6.07 Å². The molecule has 3 rings (SSSR count). The van der Waals surface area contributed by atoms with Crippen LogP contribution < -0.4 is 15.7 Å². The number of hydrogen-bond donors (Lipinski definition) is 3. The van der Waals surface area contributed by atoms with Crippen molar-refractivity contribution < 1.29 is 37.0 Å². The van der Waals surface area contributed by atoms with Crippen molar-refractivity contribution in [1.29, 1.82) is 0 Å². The topological polar surface area (TPSA) is 161 Å². The number of benzene rings is 2. The quantitative estimate of drug-likeness (QED) is 0.275. The number of aliphatic hydroxyl groups excluding tert-OH is 1. The van der Waals surface area contributed by atoms with Crippen LogP contribution >= 0.6 is 11.6 Å². The van der Waals surface area contributed by atoms with Crippen molar-refractivity contribution in [3.05, 3.63) is 69.5 Å². The smallest absolute Gasteiger partial charge is 0.411 e. The first-order chi connectivity index (χ1) is 17.0. The molecule has 192 valence electrons. The highest BCUT2D eigenvalue weighted by molar-refractivity contribution is 7.89. The number of carbonyl (C=O) groups is 2. The molecule has 36 heavy (non-hydrogen) atoms. The summed E-state index contributed by atoms with van der Waals surface area (Å²) in [5.41, 5.74) is -0.0538. The van der Waals surface area contributed by atoms with E-state index in [-0.39, 0.29) is 22.6 Å². The first kappa shape index (κ1) is 27.1. The molecular weight excluding hydrogens is 516 g/mol. The number of sulfonamides is 1. The molecule has 0 aliphatic carbocycles. The average Bonchev–Trinajstić information content (AvgIpc) is 2.80. The highest BCUT2D eigenvalue weighted by atomic mass is 35.5. The maximum absolute atomic E-state index is 12.7. The zero-order valence-corrected chi connectivity index (χ0v) is 20.8. The molecule has 0 radical (unpaired) electrons. The fraction of sp³-hybridized carbons (Fsp3) is 0.261. The number of halogens is 1. The zero-order chi connectivity index (χ0) is 26.5. The van der Waals surface area contributed by atoms with Crippen molar-refractivity contribution >= 4 is 50.3 Å². The van der Waals surface area contributed by atoms with Gasteiger partial charge in [0.05, 0.1) is 17.6 Å². The van der Waals surface area contributed by atoms with Gasteiger partial charge in [-0.1, -0.05) is 11.6 Å². The first-order valence-corrected chi connectivity index (χ1v) is 12.5. The molecule has 0 spiro atoms. The Kier molecular flexibility index (Phi) is 8.69. The van der Waals surface area contributed by atoms with Crippen LogP contribution in [0.3, 0.4) is 0 Å². The summed E-state index contributed by atoms with van der Waals surface area (Å²) in [6.07, 6.45) is -2.12. The minimum Gasteiger partial charge on any atom is -0.460 e. The number of aliphatic hydroxyl groups is 1. The minimum atomic E-state index is -4.19. The molecular formula is C23H23ClN2O9S. The van der Waals surface area contributed by atoms with E-state index in [0.29, 0.717) is 16.1 Å². The van der Waals surface area contributed by atoms with Crippen LogP contribution in [0, 0.1) is 0 Å². The number of anilines is 1. The molecule has 0 fully saturated rings. The Balaban J connectivity index is 1.78. The number of esters is 1. The lowest BCUT2D eigenvalue weighted by molar-refractivity contribution is -0.149. The Morgan fingerprint density at radius 3 is 2.44 bits per heavy atom. The second-order valence-electron chi connectivity index (χ2n) is 7.55. The summed E-state index contributed by atoms with van der Waals surface area (Å²) in [6, 6.07) is 9.18. The highest BCUT2D eigenvalue weighted by Gasteiger charge is 2.31. The SMILES string of the molecule is CCOC(=O)Nc1ccc2c(COC(=O)[C@H](NS(=O)(=O)c3ccc(Cl)cc3)[C@@H](C)O)cc(=O)oc2c1. The van der Waals surface area contributed by atoms with Gasteiger partial charge in [-0.3, -0.25) is 10.1 Å². The van der Waals surface area contributed by atoms with Gasteiger partial charge in [0, 0.05) is 33.8 Å². The van der Waals surface area contributed by atoms with E-state index < -0.39 is 46.5 Å². The second-order valence-corrected chi connectivity index (χ2v) is 9.70. The van der Waals surface area contributed by atoms with E-state index in [1.54, 1.807) is 13.0 Å². The molecule has 2 aromatic carbocycles. The van der Waals surface area contributed by atoms with E-state index in [4.69, 9.17) is 25.5 Å². The lowest BCUT2D eigenvalue weighted by Crippen LogP contribution is -2.48. The predicted molar refractivity (Wildman–Crippen MR) is 130 cm³/mol. The largest absolute Gasteiger partial charge is 0.460 e. The Bertz CT molecular complexity index is 1420. The van der Waals surface area contributed by atoms with E-state index in [2.05, 4.69) is 10.0 Å². The molecule has 1 amide bonds. The first-order valence-electron chi connectivity index (χ1n) is 10.6. The van der Waals surface area contributed by atoms with Crippen LogP contribution in [-0.2, 0) is 30.9 Å². The summed E-state index contributed by atoms with van der Waals surface area (Å²) in [5.74, 6) is -1.07. The van der Waals surface area contributed by atoms with Crippen molar-refractivity contribution in [2.75, 3.05) is 11.9 Å². The molecule has 1 heterocycles. The van der Waals surface area contributed by atoms with Gasteiger partial charge in [-0.15, -0.1) is 0 Å². The molecule has 11 nitrogen and oxygen atoms in total. The fourth-order valence-corrected chi connectivity index (χ4v) is 4.53. The lowest BCUT2D eigenvalue weighted by Gasteiger charge is -2.20. The van der Waals surface area contributed by atoms with Crippen LogP contribution in [0.5, 0.6) is 0 Å². The lowest BCUT2D eigenvalue weighted by atomic mass is 10.1. The molecule has 0 saturated heterocycles. The summed E-state index contributed by atoms with van der Waals surface area (Å²) in [4.78, 5) is 36.2. The van der Waals surface area contributed by atoms with E-state index >= 15 is 0 Å². The van der Waals surface area contributed by atoms with Gasteiger partial charge < -0.3 is 19.0 Å². The van der Waals surface area contributed by atoms with Crippen molar-refractivity contribution in [3.63, 3.8) is 0 Å². The number of hydrogen-bond acceptors (Lipinski definition) is 9. The van der Waals surface area contributed by atoms with Gasteiger partial charge in [0.1, 0.15) is 18.2 Å². The summed E-state index contributed by atoms with van der Waals surface area (Å²) >= 11 is 5.78. The van der Waals surface area contributed by atoms with E-state index in [1.165, 1.54) is 43.3 Å². The Labute approximate surface area is 211 Å². The minimum absolute atomic E-state index is 0.110. The number of nitrogens with one attached hydrogen (secondary N) is 2. The van der Waals surface area contributed by atoms with Crippen molar-refractivity contribution in [2.24, 2.45) is 0 Å². The summed E-state index contributed by atoms with van der Waals surface area (Å²) < 4.78 is 42.6. The van der Waals surface area contributed by atoms with Gasteiger partial charge in [0.2, 0.25) is 10.0 Å². The van der Waals surface area contributed by atoms with Crippen LogP contribution in [0.2, 0.25) is 5.02 Å². The summed E-state index contributed by atoms with van der Waals surface area (Å²) in [7, 11) is -4.19. The van der Waals surface area contributed by atoms with Crippen LogP contribution in [-0.4, -0.2) is 44.3 Å². The standard InChI is InChI=1S/C23H23ClN2O9S/c1-3-33-23(30)25-16-6-9-18-14(10-20(28)35-19(18)11-16)12-34-22(29)21(13(2)27)26-36(31,32)17-7-4-15(24)5-8-17/h4-11,13,21,26-27H,3,12H2,1-2H3,(H,25,30)/t13-,21-/m1/s1. The highest BCUT2D eigenvalue weighted by Crippen LogP contribution is 2.22. The zero-order valence-electron chi connectivity index (χ0n) is 19.2. The molecule has 13 heteroatoms. The number of amides is 1. The predicted octanol–water partition coefficient (Wildman–Crippen LogP) is 2.79. The van der Waals surface area contributed by atoms with Gasteiger partial charge in [-0.25, -0.2) is 18.0 Å². The third-order valence-electron chi connectivity index (χ3n) is 4.86. The molecule has 3 aromatic rings. The van der Waals surface area contributed by atoms with E-state index in [9.17, 15) is 27.9 Å². The Morgan fingerprint density at radius 1 is 1.11 bits per heavy atom. The number of fused-ring (bicyclic) bond motifs is 1. The van der Waals surface area contributed by atoms with Crippen molar-refractivity contribution in [1.82, 2.24) is 4.72 Å². The second kappa shape index (κ2) is 11.5. The molecule has 0 aliphatic rings. The monoisotopic (exact) mass is 538 g/mol. The normalized spacial score (nSPS) is 13.1. The molecule has 1 aromatic heterocycles.